The maximum absolute atomic E-state index is 13.7. The molecule has 0 saturated carbocycles. The van der Waals surface area contributed by atoms with E-state index in [1.54, 1.807) is 0 Å². The maximum Gasteiger partial charge on any atom is 0.290 e. The van der Waals surface area contributed by atoms with E-state index in [-0.39, 0.29) is 46.6 Å². The van der Waals surface area contributed by atoms with E-state index < -0.39 is 12.1 Å². The van der Waals surface area contributed by atoms with Gasteiger partial charge in [-0.25, -0.2) is 0 Å². The van der Waals surface area contributed by atoms with Gasteiger partial charge in [-0.2, -0.15) is 0 Å². The highest BCUT2D eigenvalue weighted by molar-refractivity contribution is 5.91. The van der Waals surface area contributed by atoms with Crippen LogP contribution in [0.1, 0.15) is 131 Å². The molecule has 2 rings (SSSR count). The summed E-state index contributed by atoms with van der Waals surface area (Å²) in [5, 5.41) is 15.0. The molecule has 13 nitrogen and oxygen atoms in total. The molecule has 0 bridgehead atoms. The predicted octanol–water partition coefficient (Wildman–Crippen LogP) is 4.74. The Bertz CT molecular complexity index is 1550. The van der Waals surface area contributed by atoms with Gasteiger partial charge in [-0.1, -0.05) is 88.3 Å². The van der Waals surface area contributed by atoms with E-state index in [1.165, 1.54) is 27.8 Å². The summed E-state index contributed by atoms with van der Waals surface area (Å²) in [7, 11) is 0. The van der Waals surface area contributed by atoms with Crippen molar-refractivity contribution in [3.8, 4) is 0 Å². The topological polar surface area (TPSA) is 249 Å². The molecular formula is C40H72N10O3. The van der Waals surface area contributed by atoms with Crippen LogP contribution in [0.2, 0.25) is 0 Å². The number of aromatic amines is 1. The molecule has 1 amide bonds. The quantitative estimate of drug-likeness (QED) is 0.0442. The fourth-order valence-corrected chi connectivity index (χ4v) is 6.43. The Labute approximate surface area is 318 Å². The third-order valence-corrected chi connectivity index (χ3v) is 10.1. The van der Waals surface area contributed by atoms with Crippen LogP contribution in [0.5, 0.6) is 0 Å². The van der Waals surface area contributed by atoms with Gasteiger partial charge in [-0.05, 0) is 72.1 Å². The minimum absolute atomic E-state index is 0.0250. The van der Waals surface area contributed by atoms with Gasteiger partial charge in [0.1, 0.15) is 0 Å². The highest BCUT2D eigenvalue weighted by Crippen LogP contribution is 2.43. The van der Waals surface area contributed by atoms with E-state index in [9.17, 15) is 4.79 Å². The number of hydrogen-bond donors (Lipinski definition) is 9. The number of carbonyl (C=O) groups excluding carboxylic acids is 1. The summed E-state index contributed by atoms with van der Waals surface area (Å²) in [5.74, 6) is 0.271. The molecule has 4 atom stereocenters. The Kier molecular flexibility index (Phi) is 17.9. The molecule has 0 aliphatic carbocycles. The standard InChI is InChI=1S/C39H70N10O.CH2O2/c1-13-23(2)39(11,12)33-27(32-28(38(8,9)10)20-26(37(5,6)7)21-31(32)48-33)22-30(25(4)47-24(3)16-14-18-45-35(41)42)49-34(50)29(40)17-15-19-46-36(43)44;2-1-3/h20-21,23-24,29-30,47-48H,4,13-19,22,40H2,1-3,5-12H3,(H,49,50)(H4,41,42,45)(H4,43,44,46);1H,(H,2,3)/t23?,24?,29-,30?;/m0./s1. The van der Waals surface area contributed by atoms with Gasteiger partial charge in [0.2, 0.25) is 5.91 Å². The van der Waals surface area contributed by atoms with Gasteiger partial charge < -0.3 is 49.4 Å². The molecule has 300 valence electrons. The molecule has 0 aliphatic heterocycles. The second kappa shape index (κ2) is 20.3. The van der Waals surface area contributed by atoms with E-state index in [0.717, 1.165) is 30.5 Å². The van der Waals surface area contributed by atoms with Crippen molar-refractivity contribution in [2.45, 2.75) is 149 Å². The summed E-state index contributed by atoms with van der Waals surface area (Å²) in [6.07, 6.45) is 4.22. The Morgan fingerprint density at radius 2 is 1.45 bits per heavy atom. The number of aliphatic imine (C=N–C) groups is 2. The van der Waals surface area contributed by atoms with Crippen LogP contribution in [0.25, 0.3) is 10.9 Å². The number of hydrogen-bond acceptors (Lipinski definition) is 6. The largest absolute Gasteiger partial charge is 0.483 e. The molecular weight excluding hydrogens is 669 g/mol. The average molecular weight is 741 g/mol. The number of nitrogens with two attached hydrogens (primary N) is 5. The van der Waals surface area contributed by atoms with Crippen LogP contribution in [-0.4, -0.2) is 65.6 Å². The number of nitrogens with one attached hydrogen (secondary N) is 3. The van der Waals surface area contributed by atoms with Crippen LogP contribution in [0, 0.1) is 5.92 Å². The van der Waals surface area contributed by atoms with Crippen LogP contribution in [0.15, 0.2) is 34.4 Å². The highest BCUT2D eigenvalue weighted by Gasteiger charge is 2.36. The monoisotopic (exact) mass is 741 g/mol. The summed E-state index contributed by atoms with van der Waals surface area (Å²) < 4.78 is 0. The van der Waals surface area contributed by atoms with Gasteiger partial charge in [0.25, 0.3) is 6.47 Å². The number of carbonyl (C=O) groups is 2. The molecule has 2 aromatic rings. The molecule has 14 N–H and O–H groups in total. The van der Waals surface area contributed by atoms with Crippen molar-refractivity contribution < 1.29 is 14.7 Å². The van der Waals surface area contributed by atoms with Gasteiger partial charge in [-0.3, -0.25) is 19.6 Å². The van der Waals surface area contributed by atoms with Crippen LogP contribution in [-0.2, 0) is 32.3 Å². The number of guanidine groups is 2. The van der Waals surface area contributed by atoms with Crippen molar-refractivity contribution in [3.63, 3.8) is 0 Å². The van der Waals surface area contributed by atoms with E-state index in [0.29, 0.717) is 38.3 Å². The summed E-state index contributed by atoms with van der Waals surface area (Å²) in [6, 6.07) is 3.60. The van der Waals surface area contributed by atoms with Crippen molar-refractivity contribution in [1.29, 1.82) is 0 Å². The zero-order valence-corrected chi connectivity index (χ0v) is 34.5. The first-order valence-electron chi connectivity index (χ1n) is 18.8. The first-order chi connectivity index (χ1) is 24.4. The van der Waals surface area contributed by atoms with Crippen LogP contribution < -0.4 is 39.3 Å². The Balaban J connectivity index is 0.00000452. The number of fused-ring (bicyclic) bond motifs is 1. The second-order valence-electron chi connectivity index (χ2n) is 16.9. The average Bonchev–Trinajstić information content (AvgIpc) is 3.41. The zero-order valence-electron chi connectivity index (χ0n) is 34.5. The molecule has 1 aromatic carbocycles. The Morgan fingerprint density at radius 1 is 0.925 bits per heavy atom. The molecule has 1 aromatic heterocycles. The van der Waals surface area contributed by atoms with Crippen LogP contribution in [0.4, 0.5) is 0 Å². The van der Waals surface area contributed by atoms with Gasteiger partial charge in [0.15, 0.2) is 11.9 Å². The summed E-state index contributed by atoms with van der Waals surface area (Å²) in [6.45, 7) is 30.1. The fourth-order valence-electron chi connectivity index (χ4n) is 6.43. The van der Waals surface area contributed by atoms with Gasteiger partial charge in [0.05, 0.1) is 12.1 Å². The third-order valence-electron chi connectivity index (χ3n) is 10.1. The molecule has 53 heavy (non-hydrogen) atoms. The van der Waals surface area contributed by atoms with Gasteiger partial charge >= 0.3 is 0 Å². The Hall–Kier alpha value is -4.26. The Morgan fingerprint density at radius 3 is 1.92 bits per heavy atom. The van der Waals surface area contributed by atoms with Crippen molar-refractivity contribution in [1.82, 2.24) is 15.6 Å². The fraction of sp³-hybridized carbons (Fsp3) is 0.650. The minimum Gasteiger partial charge on any atom is -0.483 e. The van der Waals surface area contributed by atoms with Crippen molar-refractivity contribution in [3.05, 3.63) is 46.8 Å². The van der Waals surface area contributed by atoms with E-state index in [1.807, 2.05) is 0 Å². The number of nitrogens with zero attached hydrogens (tertiary/aromatic N) is 2. The maximum atomic E-state index is 13.7. The van der Waals surface area contributed by atoms with Crippen molar-refractivity contribution in [2.75, 3.05) is 13.1 Å². The van der Waals surface area contributed by atoms with Crippen molar-refractivity contribution in [2.24, 2.45) is 44.6 Å². The number of aromatic nitrogens is 1. The SMILES string of the molecule is C=C(NC(C)CCCN=C(N)N)C(Cc1c(C(C)(C)C(C)CC)[nH]c2cc(C(C)(C)C)cc(C(C)(C)C)c12)NC(=O)[C@@H](N)CCCN=C(N)N.O=CO. The van der Waals surface area contributed by atoms with E-state index in [2.05, 4.69) is 120 Å². The van der Waals surface area contributed by atoms with Gasteiger partial charge in [-0.15, -0.1) is 0 Å². The van der Waals surface area contributed by atoms with Crippen molar-refractivity contribution >= 4 is 35.2 Å². The smallest absolute Gasteiger partial charge is 0.290 e. The molecule has 0 radical (unpaired) electrons. The number of benzene rings is 1. The molecule has 0 saturated heterocycles. The first-order valence-corrected chi connectivity index (χ1v) is 18.8. The minimum atomic E-state index is -0.727. The summed E-state index contributed by atoms with van der Waals surface area (Å²) in [4.78, 5) is 34.2. The third kappa shape index (κ3) is 14.2. The number of carboxylic acid groups (broad SMARTS) is 1. The predicted molar refractivity (Wildman–Crippen MR) is 222 cm³/mol. The molecule has 0 aliphatic rings. The van der Waals surface area contributed by atoms with Gasteiger partial charge in [0, 0.05) is 53.3 Å². The lowest BCUT2D eigenvalue weighted by Gasteiger charge is -2.33. The zero-order chi connectivity index (χ0) is 40.9. The lowest BCUT2D eigenvalue weighted by Crippen LogP contribution is -2.49. The molecule has 0 fully saturated rings. The highest BCUT2D eigenvalue weighted by atomic mass is 16.3. The normalized spacial score (nSPS) is 14.2. The molecule has 0 spiro atoms. The number of H-pyrrole nitrogens is 1. The number of rotatable bonds is 18. The lowest BCUT2D eigenvalue weighted by molar-refractivity contribution is -0.123. The lowest BCUT2D eigenvalue weighted by atomic mass is 9.73. The number of amides is 1. The van der Waals surface area contributed by atoms with E-state index in [4.69, 9.17) is 38.6 Å². The van der Waals surface area contributed by atoms with Crippen LogP contribution >= 0.6 is 0 Å². The summed E-state index contributed by atoms with van der Waals surface area (Å²) in [5.41, 5.74) is 34.9. The molecule has 3 unspecified atom stereocenters. The van der Waals surface area contributed by atoms with Crippen LogP contribution in [0.3, 0.4) is 0 Å². The molecule has 1 heterocycles. The first kappa shape index (κ1) is 46.8. The second-order valence-corrected chi connectivity index (χ2v) is 16.9. The molecule has 13 heteroatoms. The summed E-state index contributed by atoms with van der Waals surface area (Å²) >= 11 is 0. The van der Waals surface area contributed by atoms with E-state index >= 15 is 0 Å².